The molecule has 5 rings (SSSR count). The predicted molar refractivity (Wildman–Crippen MR) is 148 cm³/mol. The number of amidine groups is 1. The highest BCUT2D eigenvalue weighted by atomic mass is 32.2. The van der Waals surface area contributed by atoms with Crippen LogP contribution in [0, 0.1) is 0 Å². The van der Waals surface area contributed by atoms with Gasteiger partial charge in [0.05, 0.1) is 30.9 Å². The standard InChI is InChI=1S/C28H27N3O7S/c1-30-26(32)25(39-28(30)29-19-4-6-20(7-5-19)31-11-13-36-14-12-31)16-18-3-9-22(24(15-18)35-2)37-17-21-8-10-23(38-21)27(33)34/h3-10,15-16H,11-14,17H2,1-2H3,(H,33,34)/b25-16-,29-28?. The second kappa shape index (κ2) is 11.7. The van der Waals surface area contributed by atoms with Crippen LogP contribution in [0.4, 0.5) is 11.4 Å². The number of nitrogens with zero attached hydrogens (tertiary/aromatic N) is 3. The molecular weight excluding hydrogens is 522 g/mol. The molecule has 2 aliphatic rings. The lowest BCUT2D eigenvalue weighted by molar-refractivity contribution is -0.121. The minimum absolute atomic E-state index is 0.0382. The second-order valence-electron chi connectivity index (χ2n) is 8.76. The van der Waals surface area contributed by atoms with Crippen molar-refractivity contribution in [3.63, 3.8) is 0 Å². The van der Waals surface area contributed by atoms with Crippen molar-refractivity contribution in [2.75, 3.05) is 45.4 Å². The number of methoxy groups -OCH3 is 1. The number of morpholine rings is 1. The summed E-state index contributed by atoms with van der Waals surface area (Å²) in [6, 6.07) is 16.2. The van der Waals surface area contributed by atoms with Crippen molar-refractivity contribution in [2.45, 2.75) is 6.61 Å². The number of furan rings is 1. The molecule has 202 valence electrons. The first-order valence-corrected chi connectivity index (χ1v) is 13.0. The number of amides is 1. The summed E-state index contributed by atoms with van der Waals surface area (Å²) in [5.74, 6) is -0.143. The number of hydrogen-bond acceptors (Lipinski definition) is 9. The van der Waals surface area contributed by atoms with Crippen LogP contribution in [0.5, 0.6) is 11.5 Å². The van der Waals surface area contributed by atoms with E-state index in [0.29, 0.717) is 27.3 Å². The minimum atomic E-state index is -1.14. The summed E-state index contributed by atoms with van der Waals surface area (Å²) in [5.41, 5.74) is 2.65. The van der Waals surface area contributed by atoms with Crippen molar-refractivity contribution in [3.05, 3.63) is 76.6 Å². The van der Waals surface area contributed by atoms with Gasteiger partial charge < -0.3 is 28.6 Å². The van der Waals surface area contributed by atoms with Gasteiger partial charge in [-0.25, -0.2) is 9.79 Å². The molecule has 0 aliphatic carbocycles. The number of ether oxygens (including phenoxy) is 3. The van der Waals surface area contributed by atoms with E-state index < -0.39 is 5.97 Å². The molecule has 0 saturated carbocycles. The van der Waals surface area contributed by atoms with E-state index in [1.807, 2.05) is 30.3 Å². The van der Waals surface area contributed by atoms with Gasteiger partial charge in [-0.05, 0) is 71.9 Å². The van der Waals surface area contributed by atoms with Crippen LogP contribution >= 0.6 is 11.8 Å². The molecule has 2 fully saturated rings. The average Bonchev–Trinajstić information content (AvgIpc) is 3.54. The molecule has 0 atom stereocenters. The maximum atomic E-state index is 12.9. The van der Waals surface area contributed by atoms with E-state index in [1.54, 1.807) is 31.3 Å². The van der Waals surface area contributed by atoms with Crippen LogP contribution in [0.25, 0.3) is 6.08 Å². The fraction of sp³-hybridized carbons (Fsp3) is 0.250. The third kappa shape index (κ3) is 6.10. The first-order chi connectivity index (χ1) is 18.9. The molecule has 0 unspecified atom stereocenters. The number of rotatable bonds is 8. The Morgan fingerprint density at radius 2 is 1.87 bits per heavy atom. The number of carbonyl (C=O) groups is 2. The number of aliphatic imine (C=N–C) groups is 1. The molecule has 1 amide bonds. The molecule has 3 aromatic rings. The Kier molecular flexibility index (Phi) is 7.89. The molecule has 10 nitrogen and oxygen atoms in total. The highest BCUT2D eigenvalue weighted by Gasteiger charge is 2.30. The molecule has 2 aromatic carbocycles. The van der Waals surface area contributed by atoms with Gasteiger partial charge in [0.2, 0.25) is 5.76 Å². The van der Waals surface area contributed by atoms with Crippen molar-refractivity contribution in [3.8, 4) is 11.5 Å². The Hall–Kier alpha value is -4.22. The topological polar surface area (TPSA) is 114 Å². The van der Waals surface area contributed by atoms with Crippen molar-refractivity contribution in [1.29, 1.82) is 0 Å². The molecule has 0 bridgehead atoms. The Morgan fingerprint density at radius 3 is 2.56 bits per heavy atom. The number of anilines is 1. The van der Waals surface area contributed by atoms with Gasteiger partial charge in [-0.1, -0.05) is 6.07 Å². The van der Waals surface area contributed by atoms with Gasteiger partial charge in [-0.3, -0.25) is 9.69 Å². The van der Waals surface area contributed by atoms with E-state index >= 15 is 0 Å². The molecule has 1 N–H and O–H groups in total. The molecule has 0 radical (unpaired) electrons. The Balaban J connectivity index is 1.27. The van der Waals surface area contributed by atoms with E-state index in [2.05, 4.69) is 4.90 Å². The number of carboxylic acids is 1. The summed E-state index contributed by atoms with van der Waals surface area (Å²) in [5, 5.41) is 9.59. The molecule has 2 saturated heterocycles. The summed E-state index contributed by atoms with van der Waals surface area (Å²) in [7, 11) is 3.23. The molecular formula is C28H27N3O7S. The summed E-state index contributed by atoms with van der Waals surface area (Å²) in [4.78, 5) is 33.0. The Morgan fingerprint density at radius 1 is 1.10 bits per heavy atom. The monoisotopic (exact) mass is 549 g/mol. The number of aromatic carboxylic acids is 1. The maximum Gasteiger partial charge on any atom is 0.371 e. The summed E-state index contributed by atoms with van der Waals surface area (Å²) >= 11 is 1.31. The molecule has 1 aromatic heterocycles. The molecule has 39 heavy (non-hydrogen) atoms. The van der Waals surface area contributed by atoms with Crippen LogP contribution in [0.15, 0.2) is 68.9 Å². The Bertz CT molecular complexity index is 1430. The number of thioether (sulfide) groups is 1. The van der Waals surface area contributed by atoms with E-state index in [4.69, 9.17) is 28.7 Å². The second-order valence-corrected chi connectivity index (χ2v) is 9.76. The Labute approximate surface area is 229 Å². The number of benzene rings is 2. The fourth-order valence-corrected chi connectivity index (χ4v) is 5.07. The summed E-state index contributed by atoms with van der Waals surface area (Å²) < 4.78 is 21.9. The number of carbonyl (C=O) groups excluding carboxylic acids is 1. The van der Waals surface area contributed by atoms with Crippen LogP contribution in [-0.4, -0.2) is 67.5 Å². The molecule has 11 heteroatoms. The average molecular weight is 550 g/mol. The first kappa shape index (κ1) is 26.4. The SMILES string of the molecule is COc1cc(/C=C2\SC(=Nc3ccc(N4CCOCC4)cc3)N(C)C2=O)ccc1OCc1ccc(C(=O)O)o1. The van der Waals surface area contributed by atoms with Gasteiger partial charge in [-0.2, -0.15) is 0 Å². The quantitative estimate of drug-likeness (QED) is 0.402. The number of carboxylic acid groups (broad SMARTS) is 1. The van der Waals surface area contributed by atoms with Crippen molar-refractivity contribution < 1.29 is 33.3 Å². The third-order valence-electron chi connectivity index (χ3n) is 6.18. The van der Waals surface area contributed by atoms with E-state index in [1.165, 1.54) is 29.8 Å². The first-order valence-electron chi connectivity index (χ1n) is 12.2. The van der Waals surface area contributed by atoms with Crippen LogP contribution in [0.1, 0.15) is 21.9 Å². The van der Waals surface area contributed by atoms with Gasteiger partial charge in [0.25, 0.3) is 5.91 Å². The number of likely N-dealkylation sites (N-methyl/N-ethyl adjacent to an activating group) is 1. The van der Waals surface area contributed by atoms with E-state index in [9.17, 15) is 9.59 Å². The smallest absolute Gasteiger partial charge is 0.371 e. The minimum Gasteiger partial charge on any atom is -0.493 e. The lowest BCUT2D eigenvalue weighted by atomic mass is 10.2. The number of hydrogen-bond donors (Lipinski definition) is 1. The summed E-state index contributed by atoms with van der Waals surface area (Å²) in [6.07, 6.45) is 1.78. The molecule has 2 aliphatic heterocycles. The van der Waals surface area contributed by atoms with Gasteiger partial charge in [-0.15, -0.1) is 0 Å². The van der Waals surface area contributed by atoms with Crippen LogP contribution < -0.4 is 14.4 Å². The lowest BCUT2D eigenvalue weighted by Gasteiger charge is -2.28. The van der Waals surface area contributed by atoms with Crippen LogP contribution in [-0.2, 0) is 16.1 Å². The highest BCUT2D eigenvalue weighted by molar-refractivity contribution is 8.18. The maximum absolute atomic E-state index is 12.9. The zero-order valence-electron chi connectivity index (χ0n) is 21.5. The predicted octanol–water partition coefficient (Wildman–Crippen LogP) is 4.64. The van der Waals surface area contributed by atoms with Gasteiger partial charge in [0.1, 0.15) is 12.4 Å². The van der Waals surface area contributed by atoms with Crippen molar-refractivity contribution in [2.24, 2.45) is 4.99 Å². The van der Waals surface area contributed by atoms with Gasteiger partial charge in [0.15, 0.2) is 16.7 Å². The molecule has 0 spiro atoms. The van der Waals surface area contributed by atoms with E-state index in [-0.39, 0.29) is 18.3 Å². The van der Waals surface area contributed by atoms with Crippen molar-refractivity contribution >= 4 is 46.3 Å². The molecule has 3 heterocycles. The van der Waals surface area contributed by atoms with Crippen molar-refractivity contribution in [1.82, 2.24) is 4.90 Å². The van der Waals surface area contributed by atoms with Crippen LogP contribution in [0.2, 0.25) is 0 Å². The normalized spacial score (nSPS) is 17.7. The lowest BCUT2D eigenvalue weighted by Crippen LogP contribution is -2.36. The van der Waals surface area contributed by atoms with Crippen LogP contribution in [0.3, 0.4) is 0 Å². The summed E-state index contributed by atoms with van der Waals surface area (Å²) in [6.45, 7) is 3.22. The zero-order valence-corrected chi connectivity index (χ0v) is 22.3. The zero-order chi connectivity index (χ0) is 27.4. The fourth-order valence-electron chi connectivity index (χ4n) is 4.09. The highest BCUT2D eigenvalue weighted by Crippen LogP contribution is 2.35. The largest absolute Gasteiger partial charge is 0.493 e. The van der Waals surface area contributed by atoms with Gasteiger partial charge in [0, 0.05) is 25.8 Å². The third-order valence-corrected chi connectivity index (χ3v) is 7.24. The van der Waals surface area contributed by atoms with Gasteiger partial charge >= 0.3 is 5.97 Å². The van der Waals surface area contributed by atoms with E-state index in [0.717, 1.165) is 43.2 Å².